The average molecular weight is 385 g/mol. The fourth-order valence-corrected chi connectivity index (χ4v) is 3.69. The lowest BCUT2D eigenvalue weighted by molar-refractivity contribution is -0.137. The average Bonchev–Trinajstić information content (AvgIpc) is 3.36. The topological polar surface area (TPSA) is 86.3 Å². The van der Waals surface area contributed by atoms with E-state index in [9.17, 15) is 4.79 Å². The van der Waals surface area contributed by atoms with E-state index in [0.29, 0.717) is 37.2 Å². The summed E-state index contributed by atoms with van der Waals surface area (Å²) in [5.74, 6) is 1.22. The SMILES string of the molecule is Cn1cc(-c2nc([C@H]3COCCN3C(=O)CSc3ccccc3)no2)cn1. The van der Waals surface area contributed by atoms with Gasteiger partial charge in [0.15, 0.2) is 5.82 Å². The minimum absolute atomic E-state index is 0.0323. The van der Waals surface area contributed by atoms with Crippen molar-refractivity contribution in [3.05, 3.63) is 48.5 Å². The number of amides is 1. The van der Waals surface area contributed by atoms with Crippen molar-refractivity contribution >= 4 is 17.7 Å². The van der Waals surface area contributed by atoms with E-state index in [-0.39, 0.29) is 11.9 Å². The number of benzene rings is 1. The van der Waals surface area contributed by atoms with Crippen molar-refractivity contribution in [2.45, 2.75) is 10.9 Å². The van der Waals surface area contributed by atoms with Crippen molar-refractivity contribution in [1.82, 2.24) is 24.8 Å². The molecule has 1 saturated heterocycles. The number of aryl methyl sites for hydroxylation is 1. The Kier molecular flexibility index (Phi) is 5.21. The molecule has 0 bridgehead atoms. The van der Waals surface area contributed by atoms with Gasteiger partial charge in [0.2, 0.25) is 5.91 Å². The van der Waals surface area contributed by atoms with Gasteiger partial charge in [0.25, 0.3) is 5.89 Å². The molecule has 0 N–H and O–H groups in total. The summed E-state index contributed by atoms with van der Waals surface area (Å²) in [5, 5.41) is 8.18. The van der Waals surface area contributed by atoms with E-state index < -0.39 is 0 Å². The maximum Gasteiger partial charge on any atom is 0.261 e. The molecule has 3 heterocycles. The van der Waals surface area contributed by atoms with E-state index in [4.69, 9.17) is 9.26 Å². The molecule has 1 fully saturated rings. The Bertz CT molecular complexity index is 911. The first-order valence-electron chi connectivity index (χ1n) is 8.58. The Balaban J connectivity index is 1.47. The number of ether oxygens (including phenoxy) is 1. The highest BCUT2D eigenvalue weighted by Crippen LogP contribution is 2.26. The maximum atomic E-state index is 12.8. The molecular formula is C18H19N5O3S. The number of nitrogens with zero attached hydrogens (tertiary/aromatic N) is 5. The Labute approximate surface area is 160 Å². The van der Waals surface area contributed by atoms with E-state index in [1.165, 1.54) is 11.8 Å². The zero-order valence-electron chi connectivity index (χ0n) is 14.8. The first-order chi connectivity index (χ1) is 13.2. The van der Waals surface area contributed by atoms with E-state index in [2.05, 4.69) is 15.2 Å². The van der Waals surface area contributed by atoms with Gasteiger partial charge < -0.3 is 14.2 Å². The van der Waals surface area contributed by atoms with Crippen LogP contribution < -0.4 is 0 Å². The van der Waals surface area contributed by atoms with Crippen LogP contribution in [0.25, 0.3) is 11.5 Å². The summed E-state index contributed by atoms with van der Waals surface area (Å²) in [6.45, 7) is 1.37. The summed E-state index contributed by atoms with van der Waals surface area (Å²) >= 11 is 1.52. The van der Waals surface area contributed by atoms with Crippen molar-refractivity contribution in [2.75, 3.05) is 25.5 Å². The smallest absolute Gasteiger partial charge is 0.261 e. The lowest BCUT2D eigenvalue weighted by atomic mass is 10.2. The van der Waals surface area contributed by atoms with Gasteiger partial charge in [-0.1, -0.05) is 23.4 Å². The third-order valence-corrected chi connectivity index (χ3v) is 5.24. The van der Waals surface area contributed by atoms with Gasteiger partial charge >= 0.3 is 0 Å². The highest BCUT2D eigenvalue weighted by atomic mass is 32.2. The number of carbonyl (C=O) groups excluding carboxylic acids is 1. The van der Waals surface area contributed by atoms with Crippen LogP contribution in [0, 0.1) is 0 Å². The Morgan fingerprint density at radius 3 is 2.96 bits per heavy atom. The number of aromatic nitrogens is 4. The zero-order valence-corrected chi connectivity index (χ0v) is 15.6. The van der Waals surface area contributed by atoms with E-state index in [1.54, 1.807) is 22.0 Å². The quantitative estimate of drug-likeness (QED) is 0.622. The standard InChI is InChI=1S/C18H19N5O3S/c1-22-10-13(9-19-22)18-20-17(21-26-18)15-11-25-8-7-23(15)16(24)12-27-14-5-3-2-4-6-14/h2-6,9-10,15H,7-8,11-12H2,1H3/t15-/m1/s1. The van der Waals surface area contributed by atoms with Crippen molar-refractivity contribution in [2.24, 2.45) is 7.05 Å². The Morgan fingerprint density at radius 2 is 2.19 bits per heavy atom. The largest absolute Gasteiger partial charge is 0.377 e. The second-order valence-electron chi connectivity index (χ2n) is 6.14. The molecule has 1 aliphatic rings. The van der Waals surface area contributed by atoms with Crippen LogP contribution in [-0.2, 0) is 16.6 Å². The van der Waals surface area contributed by atoms with Gasteiger partial charge in [0.05, 0.1) is 30.7 Å². The molecule has 0 spiro atoms. The molecule has 3 aromatic rings. The lowest BCUT2D eigenvalue weighted by Crippen LogP contribution is -2.44. The summed E-state index contributed by atoms with van der Waals surface area (Å²) in [6.07, 6.45) is 3.46. The van der Waals surface area contributed by atoms with Crippen LogP contribution in [0.15, 0.2) is 52.1 Å². The Morgan fingerprint density at radius 1 is 1.33 bits per heavy atom. The van der Waals surface area contributed by atoms with Crippen molar-refractivity contribution < 1.29 is 14.1 Å². The van der Waals surface area contributed by atoms with Crippen LogP contribution in [0.3, 0.4) is 0 Å². The maximum absolute atomic E-state index is 12.8. The highest BCUT2D eigenvalue weighted by molar-refractivity contribution is 8.00. The predicted molar refractivity (Wildman–Crippen MR) is 98.9 cm³/mol. The number of hydrogen-bond acceptors (Lipinski definition) is 7. The van der Waals surface area contributed by atoms with Crippen molar-refractivity contribution in [1.29, 1.82) is 0 Å². The molecule has 140 valence electrons. The summed E-state index contributed by atoms with van der Waals surface area (Å²) in [7, 11) is 1.82. The van der Waals surface area contributed by atoms with Gasteiger partial charge in [-0.2, -0.15) is 10.1 Å². The van der Waals surface area contributed by atoms with Gasteiger partial charge in [-0.3, -0.25) is 9.48 Å². The first-order valence-corrected chi connectivity index (χ1v) is 9.57. The molecule has 1 aliphatic heterocycles. The molecular weight excluding hydrogens is 366 g/mol. The van der Waals surface area contributed by atoms with Gasteiger partial charge in [0, 0.05) is 24.7 Å². The Hall–Kier alpha value is -2.65. The summed E-state index contributed by atoms with van der Waals surface area (Å²) in [4.78, 5) is 20.1. The number of morpholine rings is 1. The number of carbonyl (C=O) groups is 1. The van der Waals surface area contributed by atoms with Crippen LogP contribution in [0.2, 0.25) is 0 Å². The van der Waals surface area contributed by atoms with Crippen LogP contribution in [0.5, 0.6) is 0 Å². The molecule has 0 aliphatic carbocycles. The predicted octanol–water partition coefficient (Wildman–Crippen LogP) is 2.16. The van der Waals surface area contributed by atoms with Crippen LogP contribution in [0.4, 0.5) is 0 Å². The third-order valence-electron chi connectivity index (χ3n) is 4.25. The van der Waals surface area contributed by atoms with Gasteiger partial charge in [-0.25, -0.2) is 0 Å². The normalized spacial score (nSPS) is 17.2. The number of thioether (sulfide) groups is 1. The molecule has 0 unspecified atom stereocenters. The molecule has 4 rings (SSSR count). The molecule has 1 amide bonds. The fraction of sp³-hybridized carbons (Fsp3) is 0.333. The van der Waals surface area contributed by atoms with Crippen molar-refractivity contribution in [3.63, 3.8) is 0 Å². The minimum Gasteiger partial charge on any atom is -0.377 e. The third kappa shape index (κ3) is 4.04. The van der Waals surface area contributed by atoms with Crippen molar-refractivity contribution in [3.8, 4) is 11.5 Å². The first kappa shape index (κ1) is 17.7. The molecule has 1 atom stereocenters. The fourth-order valence-electron chi connectivity index (χ4n) is 2.88. The molecule has 0 saturated carbocycles. The summed E-state index contributed by atoms with van der Waals surface area (Å²) < 4.78 is 12.6. The lowest BCUT2D eigenvalue weighted by Gasteiger charge is -2.33. The molecule has 0 radical (unpaired) electrons. The zero-order chi connectivity index (χ0) is 18.6. The molecule has 2 aromatic heterocycles. The van der Waals surface area contributed by atoms with Crippen LogP contribution >= 0.6 is 11.8 Å². The molecule has 9 heteroatoms. The van der Waals surface area contributed by atoms with Gasteiger partial charge in [-0.15, -0.1) is 11.8 Å². The van der Waals surface area contributed by atoms with Gasteiger partial charge in [-0.05, 0) is 12.1 Å². The highest BCUT2D eigenvalue weighted by Gasteiger charge is 2.32. The minimum atomic E-state index is -0.350. The number of hydrogen-bond donors (Lipinski definition) is 0. The van der Waals surface area contributed by atoms with Crippen LogP contribution in [0.1, 0.15) is 11.9 Å². The van der Waals surface area contributed by atoms with E-state index in [1.807, 2.05) is 37.4 Å². The van der Waals surface area contributed by atoms with E-state index in [0.717, 1.165) is 10.5 Å². The van der Waals surface area contributed by atoms with Gasteiger partial charge in [0.1, 0.15) is 6.04 Å². The molecule has 1 aromatic carbocycles. The molecule has 8 nitrogen and oxygen atoms in total. The second-order valence-corrected chi connectivity index (χ2v) is 7.19. The number of rotatable bonds is 5. The van der Waals surface area contributed by atoms with Crippen LogP contribution in [-0.4, -0.2) is 56.2 Å². The second kappa shape index (κ2) is 7.93. The monoisotopic (exact) mass is 385 g/mol. The summed E-state index contributed by atoms with van der Waals surface area (Å²) in [5.41, 5.74) is 0.741. The summed E-state index contributed by atoms with van der Waals surface area (Å²) in [6, 6.07) is 9.52. The van der Waals surface area contributed by atoms with E-state index >= 15 is 0 Å². The molecule has 27 heavy (non-hydrogen) atoms.